The Hall–Kier alpha value is -2.71. The van der Waals surface area contributed by atoms with Gasteiger partial charge in [0.25, 0.3) is 0 Å². The minimum Gasteiger partial charge on any atom is -0.325 e. The number of aromatic nitrogens is 2. The third-order valence-corrected chi connectivity index (χ3v) is 4.93. The van der Waals surface area contributed by atoms with E-state index in [-0.39, 0.29) is 0 Å². The van der Waals surface area contributed by atoms with Crippen molar-refractivity contribution in [2.75, 3.05) is 5.32 Å². The lowest BCUT2D eigenvalue weighted by molar-refractivity contribution is -0.115. The number of sulfonamides is 1. The van der Waals surface area contributed by atoms with Gasteiger partial charge in [-0.15, -0.1) is 0 Å². The summed E-state index contributed by atoms with van der Waals surface area (Å²) in [6, 6.07) is 14.8. The first-order valence-corrected chi connectivity index (χ1v) is 8.82. The van der Waals surface area contributed by atoms with Gasteiger partial charge in [0.2, 0.25) is 15.9 Å². The summed E-state index contributed by atoms with van der Waals surface area (Å²) in [5.74, 6) is -0.668. The van der Waals surface area contributed by atoms with Crippen LogP contribution in [0.5, 0.6) is 0 Å². The Balaban J connectivity index is 1.82. The maximum Gasteiger partial charge on any atom is 0.243 e. The highest BCUT2D eigenvalue weighted by Gasteiger charge is 2.24. The van der Waals surface area contributed by atoms with Gasteiger partial charge >= 0.3 is 0 Å². The number of nitrogens with two attached hydrogens (primary N) is 1. The van der Waals surface area contributed by atoms with Gasteiger partial charge in [-0.25, -0.2) is 18.5 Å². The lowest BCUT2D eigenvalue weighted by Crippen LogP contribution is -2.36. The molecule has 24 heavy (non-hydrogen) atoms. The molecule has 2 aromatic carbocycles. The van der Waals surface area contributed by atoms with E-state index in [0.29, 0.717) is 5.69 Å². The molecule has 1 amide bonds. The first-order valence-electron chi connectivity index (χ1n) is 7.21. The number of fused-ring (bicyclic) bond motifs is 1. The molecule has 0 saturated carbocycles. The van der Waals surface area contributed by atoms with Crippen LogP contribution in [0.3, 0.4) is 0 Å². The van der Waals surface area contributed by atoms with E-state index in [0.717, 1.165) is 16.7 Å². The SMILES string of the molecule is CC(C(=O)Nc1ccc(-n2cnc3ccccc32)cc1)S(N)(=O)=O. The van der Waals surface area contributed by atoms with Crippen molar-refractivity contribution >= 4 is 32.7 Å². The van der Waals surface area contributed by atoms with Gasteiger partial charge in [-0.05, 0) is 43.3 Å². The third kappa shape index (κ3) is 3.15. The minimum atomic E-state index is -3.91. The van der Waals surface area contributed by atoms with Gasteiger partial charge in [-0.2, -0.15) is 0 Å². The van der Waals surface area contributed by atoms with E-state index < -0.39 is 21.2 Å². The van der Waals surface area contributed by atoms with Gasteiger partial charge in [0.1, 0.15) is 6.33 Å². The molecule has 0 aliphatic rings. The normalized spacial score (nSPS) is 12.9. The van der Waals surface area contributed by atoms with Crippen molar-refractivity contribution in [2.24, 2.45) is 5.14 Å². The van der Waals surface area contributed by atoms with Crippen molar-refractivity contribution in [3.05, 3.63) is 54.9 Å². The van der Waals surface area contributed by atoms with Gasteiger partial charge in [0.05, 0.1) is 11.0 Å². The monoisotopic (exact) mass is 344 g/mol. The minimum absolute atomic E-state index is 0.490. The molecule has 1 aromatic heterocycles. The second-order valence-electron chi connectivity index (χ2n) is 5.37. The van der Waals surface area contributed by atoms with Crippen molar-refractivity contribution < 1.29 is 13.2 Å². The van der Waals surface area contributed by atoms with Gasteiger partial charge in [0.15, 0.2) is 5.25 Å². The number of benzene rings is 2. The summed E-state index contributed by atoms with van der Waals surface area (Å²) in [6.45, 7) is 1.25. The zero-order chi connectivity index (χ0) is 17.3. The van der Waals surface area contributed by atoms with Crippen LogP contribution in [-0.2, 0) is 14.8 Å². The Morgan fingerprint density at radius 2 is 1.83 bits per heavy atom. The van der Waals surface area contributed by atoms with E-state index in [1.165, 1.54) is 6.92 Å². The molecule has 124 valence electrons. The number of hydrogen-bond acceptors (Lipinski definition) is 4. The Morgan fingerprint density at radius 3 is 2.50 bits per heavy atom. The molecule has 0 spiro atoms. The number of imidazole rings is 1. The first-order chi connectivity index (χ1) is 11.4. The van der Waals surface area contributed by atoms with E-state index in [1.807, 2.05) is 41.0 Å². The molecule has 0 fully saturated rings. The maximum absolute atomic E-state index is 11.9. The van der Waals surface area contributed by atoms with Crippen LogP contribution in [0.15, 0.2) is 54.9 Å². The highest BCUT2D eigenvalue weighted by molar-refractivity contribution is 7.90. The van der Waals surface area contributed by atoms with Gasteiger partial charge in [-0.1, -0.05) is 12.1 Å². The van der Waals surface area contributed by atoms with Crippen LogP contribution in [0.2, 0.25) is 0 Å². The molecule has 3 rings (SSSR count). The zero-order valence-corrected chi connectivity index (χ0v) is 13.7. The molecule has 3 aromatic rings. The van der Waals surface area contributed by atoms with Crippen molar-refractivity contribution in [3.63, 3.8) is 0 Å². The molecule has 0 bridgehead atoms. The molecule has 0 radical (unpaired) electrons. The highest BCUT2D eigenvalue weighted by atomic mass is 32.2. The number of primary sulfonamides is 1. The number of nitrogens with one attached hydrogen (secondary N) is 1. The van der Waals surface area contributed by atoms with E-state index in [2.05, 4.69) is 10.3 Å². The van der Waals surface area contributed by atoms with Crippen LogP contribution in [0.4, 0.5) is 5.69 Å². The van der Waals surface area contributed by atoms with Crippen LogP contribution in [-0.4, -0.2) is 29.1 Å². The summed E-state index contributed by atoms with van der Waals surface area (Å²) >= 11 is 0. The molecular weight excluding hydrogens is 328 g/mol. The summed E-state index contributed by atoms with van der Waals surface area (Å²) in [6.07, 6.45) is 1.72. The second kappa shape index (κ2) is 6.06. The summed E-state index contributed by atoms with van der Waals surface area (Å²) < 4.78 is 24.3. The molecule has 7 nitrogen and oxygen atoms in total. The maximum atomic E-state index is 11.9. The predicted octanol–water partition coefficient (Wildman–Crippen LogP) is 1.64. The smallest absolute Gasteiger partial charge is 0.243 e. The van der Waals surface area contributed by atoms with E-state index in [4.69, 9.17) is 5.14 Å². The number of rotatable bonds is 4. The van der Waals surface area contributed by atoms with E-state index in [9.17, 15) is 13.2 Å². The van der Waals surface area contributed by atoms with E-state index in [1.54, 1.807) is 18.5 Å². The van der Waals surface area contributed by atoms with E-state index >= 15 is 0 Å². The van der Waals surface area contributed by atoms with Crippen molar-refractivity contribution in [2.45, 2.75) is 12.2 Å². The Bertz CT molecular complexity index is 994. The number of anilines is 1. The number of para-hydroxylation sites is 2. The number of hydrogen-bond donors (Lipinski definition) is 2. The number of carbonyl (C=O) groups is 1. The molecule has 3 N–H and O–H groups in total. The third-order valence-electron chi connectivity index (χ3n) is 3.73. The Morgan fingerprint density at radius 1 is 1.17 bits per heavy atom. The Labute approximate surface area is 139 Å². The van der Waals surface area contributed by atoms with Crippen LogP contribution < -0.4 is 10.5 Å². The molecule has 1 unspecified atom stereocenters. The standard InChI is InChI=1S/C16H16N4O3S/c1-11(24(17,22)23)16(21)19-12-6-8-13(9-7-12)20-10-18-14-4-2-3-5-15(14)20/h2-11H,1H3,(H,19,21)(H2,17,22,23). The molecule has 0 aliphatic heterocycles. The van der Waals surface area contributed by atoms with Crippen LogP contribution in [0.1, 0.15) is 6.92 Å². The lowest BCUT2D eigenvalue weighted by atomic mass is 10.2. The fourth-order valence-electron chi connectivity index (χ4n) is 2.26. The van der Waals surface area contributed by atoms with Crippen molar-refractivity contribution in [1.29, 1.82) is 0 Å². The summed E-state index contributed by atoms with van der Waals surface area (Å²) in [7, 11) is -3.91. The molecule has 8 heteroatoms. The molecule has 0 aliphatic carbocycles. The molecule has 1 heterocycles. The quantitative estimate of drug-likeness (QED) is 0.750. The fourth-order valence-corrected chi connectivity index (χ4v) is 2.62. The number of nitrogens with zero attached hydrogens (tertiary/aromatic N) is 2. The van der Waals surface area contributed by atoms with Gasteiger partial charge in [-0.3, -0.25) is 9.36 Å². The van der Waals surface area contributed by atoms with Crippen molar-refractivity contribution in [3.8, 4) is 5.69 Å². The summed E-state index contributed by atoms with van der Waals surface area (Å²) in [4.78, 5) is 16.2. The largest absolute Gasteiger partial charge is 0.325 e. The fraction of sp³-hybridized carbons (Fsp3) is 0.125. The van der Waals surface area contributed by atoms with Crippen LogP contribution >= 0.6 is 0 Å². The average molecular weight is 344 g/mol. The summed E-state index contributed by atoms with van der Waals surface area (Å²) in [5, 5.41) is 6.20. The van der Waals surface area contributed by atoms with Gasteiger partial charge in [0, 0.05) is 11.4 Å². The van der Waals surface area contributed by atoms with Crippen molar-refractivity contribution in [1.82, 2.24) is 9.55 Å². The molecule has 0 saturated heterocycles. The molecule has 1 atom stereocenters. The number of amides is 1. The number of carbonyl (C=O) groups excluding carboxylic acids is 1. The first kappa shape index (κ1) is 16.2. The second-order valence-corrected chi connectivity index (χ2v) is 7.26. The van der Waals surface area contributed by atoms with Crippen LogP contribution in [0, 0.1) is 0 Å². The average Bonchev–Trinajstić information content (AvgIpc) is 2.98. The van der Waals surface area contributed by atoms with Gasteiger partial charge < -0.3 is 5.32 Å². The zero-order valence-electron chi connectivity index (χ0n) is 12.9. The summed E-state index contributed by atoms with van der Waals surface area (Å²) in [5.41, 5.74) is 3.22. The molecular formula is C16H16N4O3S. The predicted molar refractivity (Wildman–Crippen MR) is 92.3 cm³/mol. The van der Waals surface area contributed by atoms with Crippen LogP contribution in [0.25, 0.3) is 16.7 Å². The topological polar surface area (TPSA) is 107 Å². The lowest BCUT2D eigenvalue weighted by Gasteiger charge is -2.11. The highest BCUT2D eigenvalue weighted by Crippen LogP contribution is 2.19. The Kier molecular flexibility index (Phi) is 4.08.